The summed E-state index contributed by atoms with van der Waals surface area (Å²) < 4.78 is 5.36. The maximum absolute atomic E-state index is 9.06. The molecule has 0 aromatic rings. The molecule has 84 valence electrons. The molecule has 0 radical (unpaired) electrons. The topological polar surface area (TPSA) is 36.3 Å². The molecule has 3 nitrogen and oxygen atoms in total. The molecule has 1 aliphatic carbocycles. The second-order valence-corrected chi connectivity index (χ2v) is 5.05. The Labute approximate surface area is 92.0 Å². The van der Waals surface area contributed by atoms with E-state index < -0.39 is 0 Å². The third-order valence-corrected chi connectivity index (χ3v) is 3.89. The molecular weight excluding hydrogens is 188 g/mol. The van der Waals surface area contributed by atoms with Crippen LogP contribution in [-0.4, -0.2) is 37.2 Å². The Bertz CT molecular complexity index is 245. The Balaban J connectivity index is 1.85. The lowest BCUT2D eigenvalue weighted by molar-refractivity contribution is 0.00219. The van der Waals surface area contributed by atoms with Crippen LogP contribution in [0.1, 0.15) is 32.6 Å². The molecule has 0 aromatic carbocycles. The molecule has 1 aliphatic heterocycles. The van der Waals surface area contributed by atoms with Gasteiger partial charge in [0.2, 0.25) is 0 Å². The summed E-state index contributed by atoms with van der Waals surface area (Å²) in [5.74, 6) is 0. The van der Waals surface area contributed by atoms with E-state index in [-0.39, 0.29) is 5.41 Å². The SMILES string of the molecule is CC1(C#N)CCC(N2CCOCC2)CC1. The summed E-state index contributed by atoms with van der Waals surface area (Å²) in [4.78, 5) is 2.54. The molecular formula is C12H20N2O. The van der Waals surface area contributed by atoms with Crippen LogP contribution in [0.5, 0.6) is 0 Å². The molecule has 1 saturated carbocycles. The van der Waals surface area contributed by atoms with Crippen molar-refractivity contribution in [3.05, 3.63) is 0 Å². The van der Waals surface area contributed by atoms with Gasteiger partial charge in [0.25, 0.3) is 0 Å². The van der Waals surface area contributed by atoms with Gasteiger partial charge in [-0.3, -0.25) is 4.90 Å². The van der Waals surface area contributed by atoms with E-state index in [1.54, 1.807) is 0 Å². The van der Waals surface area contributed by atoms with E-state index in [1.807, 2.05) is 0 Å². The number of morpholine rings is 1. The Morgan fingerprint density at radius 2 is 1.87 bits per heavy atom. The van der Waals surface area contributed by atoms with Gasteiger partial charge in [-0.25, -0.2) is 0 Å². The second-order valence-electron chi connectivity index (χ2n) is 5.05. The Kier molecular flexibility index (Phi) is 3.28. The molecule has 1 heterocycles. The van der Waals surface area contributed by atoms with Gasteiger partial charge in [0, 0.05) is 19.1 Å². The predicted octanol–water partition coefficient (Wildman–Crippen LogP) is 1.79. The van der Waals surface area contributed by atoms with E-state index in [4.69, 9.17) is 10.00 Å². The van der Waals surface area contributed by atoms with Gasteiger partial charge in [0.05, 0.1) is 24.7 Å². The fraction of sp³-hybridized carbons (Fsp3) is 0.917. The third kappa shape index (κ3) is 2.50. The molecule has 0 bridgehead atoms. The quantitative estimate of drug-likeness (QED) is 0.659. The van der Waals surface area contributed by atoms with Gasteiger partial charge in [-0.15, -0.1) is 0 Å². The molecule has 0 amide bonds. The highest BCUT2D eigenvalue weighted by Crippen LogP contribution is 2.36. The first-order valence-corrected chi connectivity index (χ1v) is 5.97. The van der Waals surface area contributed by atoms with Crippen LogP contribution in [0.3, 0.4) is 0 Å². The highest BCUT2D eigenvalue weighted by atomic mass is 16.5. The van der Waals surface area contributed by atoms with Gasteiger partial charge < -0.3 is 4.74 Å². The number of ether oxygens (including phenoxy) is 1. The Morgan fingerprint density at radius 3 is 2.40 bits per heavy atom. The third-order valence-electron chi connectivity index (χ3n) is 3.89. The van der Waals surface area contributed by atoms with Crippen LogP contribution in [0.2, 0.25) is 0 Å². The minimum absolute atomic E-state index is 0.0528. The van der Waals surface area contributed by atoms with Gasteiger partial charge >= 0.3 is 0 Å². The molecule has 0 aromatic heterocycles. The van der Waals surface area contributed by atoms with Crippen LogP contribution >= 0.6 is 0 Å². The fourth-order valence-corrected chi connectivity index (χ4v) is 2.66. The zero-order chi connectivity index (χ0) is 10.7. The fourth-order valence-electron chi connectivity index (χ4n) is 2.66. The van der Waals surface area contributed by atoms with Gasteiger partial charge in [0.1, 0.15) is 0 Å². The van der Waals surface area contributed by atoms with Gasteiger partial charge in [-0.1, -0.05) is 0 Å². The molecule has 2 aliphatic rings. The van der Waals surface area contributed by atoms with Crippen LogP contribution in [0.4, 0.5) is 0 Å². The molecule has 0 spiro atoms. The van der Waals surface area contributed by atoms with Crippen LogP contribution < -0.4 is 0 Å². The highest BCUT2D eigenvalue weighted by Gasteiger charge is 2.33. The molecule has 0 unspecified atom stereocenters. The van der Waals surface area contributed by atoms with E-state index in [1.165, 1.54) is 12.8 Å². The van der Waals surface area contributed by atoms with Crippen LogP contribution in [0.25, 0.3) is 0 Å². The summed E-state index contributed by atoms with van der Waals surface area (Å²) in [5, 5.41) is 9.06. The van der Waals surface area contributed by atoms with Crippen LogP contribution in [-0.2, 0) is 4.74 Å². The summed E-state index contributed by atoms with van der Waals surface area (Å²) in [6, 6.07) is 3.16. The van der Waals surface area contributed by atoms with Crippen molar-refractivity contribution in [2.45, 2.75) is 38.6 Å². The maximum atomic E-state index is 9.06. The van der Waals surface area contributed by atoms with E-state index in [0.717, 1.165) is 39.1 Å². The number of nitrogens with zero attached hydrogens (tertiary/aromatic N) is 2. The van der Waals surface area contributed by atoms with Crippen molar-refractivity contribution in [2.75, 3.05) is 26.3 Å². The average molecular weight is 208 g/mol. The monoisotopic (exact) mass is 208 g/mol. The molecule has 0 atom stereocenters. The zero-order valence-electron chi connectivity index (χ0n) is 9.54. The normalized spacial score (nSPS) is 38.5. The standard InChI is InChI=1S/C12H20N2O/c1-12(10-13)4-2-11(3-5-12)14-6-8-15-9-7-14/h11H,2-9H2,1H3. The van der Waals surface area contributed by atoms with Crippen molar-refractivity contribution in [3.63, 3.8) is 0 Å². The molecule has 1 saturated heterocycles. The minimum Gasteiger partial charge on any atom is -0.379 e. The van der Waals surface area contributed by atoms with E-state index in [2.05, 4.69) is 17.9 Å². The number of nitriles is 1. The largest absolute Gasteiger partial charge is 0.379 e. The van der Waals surface area contributed by atoms with Crippen molar-refractivity contribution in [3.8, 4) is 6.07 Å². The van der Waals surface area contributed by atoms with Crippen molar-refractivity contribution in [2.24, 2.45) is 5.41 Å². The number of rotatable bonds is 1. The van der Waals surface area contributed by atoms with Crippen molar-refractivity contribution in [1.29, 1.82) is 5.26 Å². The molecule has 2 fully saturated rings. The average Bonchev–Trinajstić information content (AvgIpc) is 2.31. The number of hydrogen-bond acceptors (Lipinski definition) is 3. The van der Waals surface area contributed by atoms with Crippen molar-refractivity contribution < 1.29 is 4.74 Å². The van der Waals surface area contributed by atoms with Gasteiger partial charge in [-0.05, 0) is 32.6 Å². The summed E-state index contributed by atoms with van der Waals surface area (Å²) in [5.41, 5.74) is -0.0528. The Hall–Kier alpha value is -0.590. The minimum atomic E-state index is -0.0528. The Morgan fingerprint density at radius 1 is 1.27 bits per heavy atom. The molecule has 3 heteroatoms. The van der Waals surface area contributed by atoms with Crippen molar-refractivity contribution in [1.82, 2.24) is 4.90 Å². The number of hydrogen-bond donors (Lipinski definition) is 0. The maximum Gasteiger partial charge on any atom is 0.0686 e. The second kappa shape index (κ2) is 4.51. The first-order chi connectivity index (χ1) is 7.23. The molecule has 15 heavy (non-hydrogen) atoms. The molecule has 0 N–H and O–H groups in total. The van der Waals surface area contributed by atoms with E-state index in [9.17, 15) is 0 Å². The lowest BCUT2D eigenvalue weighted by atomic mass is 9.75. The first-order valence-electron chi connectivity index (χ1n) is 5.97. The van der Waals surface area contributed by atoms with Crippen molar-refractivity contribution >= 4 is 0 Å². The van der Waals surface area contributed by atoms with Crippen LogP contribution in [0, 0.1) is 16.7 Å². The summed E-state index contributed by atoms with van der Waals surface area (Å²) in [7, 11) is 0. The predicted molar refractivity (Wildman–Crippen MR) is 58.4 cm³/mol. The lowest BCUT2D eigenvalue weighted by Crippen LogP contribution is -2.45. The highest BCUT2D eigenvalue weighted by molar-refractivity contribution is 4.99. The van der Waals surface area contributed by atoms with Gasteiger partial charge in [0.15, 0.2) is 0 Å². The first kappa shape index (κ1) is 10.9. The lowest BCUT2D eigenvalue weighted by Gasteiger charge is -2.40. The summed E-state index contributed by atoms with van der Waals surface area (Å²) >= 11 is 0. The molecule has 2 rings (SSSR count). The zero-order valence-corrected chi connectivity index (χ0v) is 9.54. The smallest absolute Gasteiger partial charge is 0.0686 e. The summed E-state index contributed by atoms with van der Waals surface area (Å²) in [6.07, 6.45) is 4.49. The van der Waals surface area contributed by atoms with E-state index in [0.29, 0.717) is 6.04 Å². The van der Waals surface area contributed by atoms with E-state index >= 15 is 0 Å². The van der Waals surface area contributed by atoms with Crippen LogP contribution in [0.15, 0.2) is 0 Å². The van der Waals surface area contributed by atoms with Gasteiger partial charge in [-0.2, -0.15) is 5.26 Å². The summed E-state index contributed by atoms with van der Waals surface area (Å²) in [6.45, 7) is 6.02.